The third-order valence-electron chi connectivity index (χ3n) is 4.86. The third kappa shape index (κ3) is 2.89. The molecule has 1 aromatic carbocycles. The number of aromatic amines is 1. The number of fused-ring (bicyclic) bond motifs is 1. The molecule has 3 heterocycles. The van der Waals surface area contributed by atoms with Crippen LogP contribution < -0.4 is 5.76 Å². The first-order valence-corrected chi connectivity index (χ1v) is 8.53. The van der Waals surface area contributed by atoms with Gasteiger partial charge in [0.05, 0.1) is 11.2 Å². The minimum Gasteiger partial charge on any atom is -0.408 e. The van der Waals surface area contributed by atoms with Crippen molar-refractivity contribution in [1.82, 2.24) is 19.7 Å². The summed E-state index contributed by atoms with van der Waals surface area (Å²) in [5.41, 5.74) is 3.80. The Morgan fingerprint density at radius 2 is 2.21 bits per heavy atom. The molecule has 1 aliphatic rings. The average Bonchev–Trinajstić information content (AvgIpc) is 3.16. The number of nitrogens with zero attached hydrogens (tertiary/aromatic N) is 3. The Labute approximate surface area is 140 Å². The van der Waals surface area contributed by atoms with E-state index in [-0.39, 0.29) is 5.76 Å². The van der Waals surface area contributed by atoms with Gasteiger partial charge < -0.3 is 9.32 Å². The SMILES string of the molecule is Cc1cc(C2CCCN(CCn3c(=O)oc4ccccc43)C2)n[nH]1. The van der Waals surface area contributed by atoms with Gasteiger partial charge >= 0.3 is 5.76 Å². The predicted octanol–water partition coefficient (Wildman–Crippen LogP) is 2.51. The van der Waals surface area contributed by atoms with Crippen LogP contribution in [0.1, 0.15) is 30.1 Å². The quantitative estimate of drug-likeness (QED) is 0.800. The highest BCUT2D eigenvalue weighted by molar-refractivity contribution is 5.72. The molecule has 0 amide bonds. The summed E-state index contributed by atoms with van der Waals surface area (Å²) >= 11 is 0. The zero-order chi connectivity index (χ0) is 16.5. The van der Waals surface area contributed by atoms with Gasteiger partial charge in [-0.3, -0.25) is 9.67 Å². The van der Waals surface area contributed by atoms with Crippen molar-refractivity contribution in [2.24, 2.45) is 0 Å². The number of aryl methyl sites for hydroxylation is 1. The van der Waals surface area contributed by atoms with Crippen LogP contribution in [0.3, 0.4) is 0 Å². The fraction of sp³-hybridized carbons (Fsp3) is 0.444. The van der Waals surface area contributed by atoms with Crippen LogP contribution >= 0.6 is 0 Å². The van der Waals surface area contributed by atoms with Crippen molar-refractivity contribution >= 4 is 11.1 Å². The second-order valence-electron chi connectivity index (χ2n) is 6.60. The first-order valence-electron chi connectivity index (χ1n) is 8.53. The van der Waals surface area contributed by atoms with Crippen LogP contribution in [0.15, 0.2) is 39.5 Å². The second-order valence-corrected chi connectivity index (χ2v) is 6.60. The van der Waals surface area contributed by atoms with E-state index in [0.717, 1.165) is 43.0 Å². The number of nitrogens with one attached hydrogen (secondary N) is 1. The van der Waals surface area contributed by atoms with Crippen molar-refractivity contribution in [2.75, 3.05) is 19.6 Å². The van der Waals surface area contributed by atoms with Crippen LogP contribution in [-0.2, 0) is 6.54 Å². The fourth-order valence-electron chi connectivity index (χ4n) is 3.62. The molecule has 0 spiro atoms. The molecule has 3 aromatic rings. The number of rotatable bonds is 4. The van der Waals surface area contributed by atoms with Crippen molar-refractivity contribution in [3.05, 3.63) is 52.3 Å². The number of aromatic nitrogens is 3. The highest BCUT2D eigenvalue weighted by atomic mass is 16.4. The maximum Gasteiger partial charge on any atom is 0.419 e. The maximum atomic E-state index is 12.1. The van der Waals surface area contributed by atoms with E-state index in [2.05, 4.69) is 21.2 Å². The van der Waals surface area contributed by atoms with Gasteiger partial charge in [0.2, 0.25) is 0 Å². The predicted molar refractivity (Wildman–Crippen MR) is 92.2 cm³/mol. The highest BCUT2D eigenvalue weighted by Gasteiger charge is 2.23. The monoisotopic (exact) mass is 326 g/mol. The molecule has 126 valence electrons. The largest absolute Gasteiger partial charge is 0.419 e. The number of para-hydroxylation sites is 2. The van der Waals surface area contributed by atoms with Crippen molar-refractivity contribution in [2.45, 2.75) is 32.2 Å². The molecule has 0 aliphatic carbocycles. The smallest absolute Gasteiger partial charge is 0.408 e. The Kier molecular flexibility index (Phi) is 3.98. The van der Waals surface area contributed by atoms with E-state index in [1.54, 1.807) is 4.57 Å². The molecule has 24 heavy (non-hydrogen) atoms. The molecule has 1 aliphatic heterocycles. The number of likely N-dealkylation sites (tertiary alicyclic amines) is 1. The molecule has 1 N–H and O–H groups in total. The second kappa shape index (κ2) is 6.28. The number of hydrogen-bond acceptors (Lipinski definition) is 4. The molecule has 1 atom stereocenters. The fourth-order valence-corrected chi connectivity index (χ4v) is 3.62. The average molecular weight is 326 g/mol. The third-order valence-corrected chi connectivity index (χ3v) is 4.86. The Morgan fingerprint density at radius 1 is 1.33 bits per heavy atom. The molecule has 0 bridgehead atoms. The molecule has 1 unspecified atom stereocenters. The number of oxazole rings is 1. The molecule has 6 heteroatoms. The lowest BCUT2D eigenvalue weighted by atomic mass is 9.95. The number of hydrogen-bond donors (Lipinski definition) is 1. The summed E-state index contributed by atoms with van der Waals surface area (Å²) in [4.78, 5) is 14.5. The Bertz CT molecular complexity index is 892. The Hall–Kier alpha value is -2.34. The van der Waals surface area contributed by atoms with Gasteiger partial charge in [-0.05, 0) is 44.5 Å². The molecule has 6 nitrogen and oxygen atoms in total. The first-order chi connectivity index (χ1) is 11.7. The topological polar surface area (TPSA) is 67.1 Å². The lowest BCUT2D eigenvalue weighted by Gasteiger charge is -2.31. The molecule has 1 fully saturated rings. The van der Waals surface area contributed by atoms with E-state index in [0.29, 0.717) is 18.0 Å². The number of piperidine rings is 1. The van der Waals surface area contributed by atoms with E-state index in [4.69, 9.17) is 4.42 Å². The van der Waals surface area contributed by atoms with Crippen LogP contribution in [0, 0.1) is 6.92 Å². The van der Waals surface area contributed by atoms with Crippen molar-refractivity contribution in [3.8, 4) is 0 Å². The lowest BCUT2D eigenvalue weighted by molar-refractivity contribution is 0.198. The summed E-state index contributed by atoms with van der Waals surface area (Å²) in [5.74, 6) is 0.203. The zero-order valence-corrected chi connectivity index (χ0v) is 13.9. The Morgan fingerprint density at radius 3 is 3.04 bits per heavy atom. The van der Waals surface area contributed by atoms with Crippen LogP contribution in [0.4, 0.5) is 0 Å². The van der Waals surface area contributed by atoms with Crippen LogP contribution in [0.2, 0.25) is 0 Å². The molecule has 4 rings (SSSR count). The van der Waals surface area contributed by atoms with Crippen molar-refractivity contribution in [3.63, 3.8) is 0 Å². The van der Waals surface area contributed by atoms with Gasteiger partial charge in [0.1, 0.15) is 0 Å². The van der Waals surface area contributed by atoms with Crippen molar-refractivity contribution < 1.29 is 4.42 Å². The van der Waals surface area contributed by atoms with Gasteiger partial charge in [0, 0.05) is 31.2 Å². The van der Waals surface area contributed by atoms with Gasteiger partial charge in [-0.15, -0.1) is 0 Å². The normalized spacial score (nSPS) is 19.1. The van der Waals surface area contributed by atoms with Gasteiger partial charge in [-0.25, -0.2) is 4.79 Å². The summed E-state index contributed by atoms with van der Waals surface area (Å²) in [6.07, 6.45) is 2.34. The van der Waals surface area contributed by atoms with Gasteiger partial charge in [-0.2, -0.15) is 5.10 Å². The summed E-state index contributed by atoms with van der Waals surface area (Å²) in [7, 11) is 0. The van der Waals surface area contributed by atoms with Crippen LogP contribution in [-0.4, -0.2) is 39.3 Å². The number of benzene rings is 1. The molecular weight excluding hydrogens is 304 g/mol. The number of H-pyrrole nitrogens is 1. The summed E-state index contributed by atoms with van der Waals surface area (Å²) in [6, 6.07) is 9.74. The first kappa shape index (κ1) is 15.2. The molecule has 1 saturated heterocycles. The van der Waals surface area contributed by atoms with Crippen molar-refractivity contribution in [1.29, 1.82) is 0 Å². The van der Waals surface area contributed by atoms with Gasteiger partial charge in [-0.1, -0.05) is 12.1 Å². The molecular formula is C18H22N4O2. The summed E-state index contributed by atoms with van der Waals surface area (Å²) in [6.45, 7) is 5.61. The standard InChI is InChI=1S/C18H22N4O2/c1-13-11-15(20-19-13)14-5-4-8-21(12-14)9-10-22-16-6-2-3-7-17(16)24-18(22)23/h2-3,6-7,11,14H,4-5,8-10,12H2,1H3,(H,19,20). The molecule has 0 radical (unpaired) electrons. The van der Waals surface area contributed by atoms with Gasteiger partial charge in [0.25, 0.3) is 0 Å². The zero-order valence-electron chi connectivity index (χ0n) is 13.9. The summed E-state index contributed by atoms with van der Waals surface area (Å²) in [5, 5.41) is 7.45. The van der Waals surface area contributed by atoms with E-state index in [1.807, 2.05) is 31.2 Å². The van der Waals surface area contributed by atoms with Gasteiger partial charge in [0.15, 0.2) is 5.58 Å². The maximum absolute atomic E-state index is 12.1. The van der Waals surface area contributed by atoms with Crippen LogP contribution in [0.25, 0.3) is 11.1 Å². The van der Waals surface area contributed by atoms with E-state index >= 15 is 0 Å². The summed E-state index contributed by atoms with van der Waals surface area (Å²) < 4.78 is 7.04. The molecule has 2 aromatic heterocycles. The van der Waals surface area contributed by atoms with Crippen LogP contribution in [0.5, 0.6) is 0 Å². The van der Waals surface area contributed by atoms with E-state index in [9.17, 15) is 4.79 Å². The van der Waals surface area contributed by atoms with E-state index < -0.39 is 0 Å². The minimum absolute atomic E-state index is 0.271. The van der Waals surface area contributed by atoms with E-state index in [1.165, 1.54) is 6.42 Å². The lowest BCUT2D eigenvalue weighted by Crippen LogP contribution is -2.37. The highest BCUT2D eigenvalue weighted by Crippen LogP contribution is 2.25. The molecule has 0 saturated carbocycles. The minimum atomic E-state index is -0.271. The Balaban J connectivity index is 1.45.